The third kappa shape index (κ3) is 6.22. The van der Waals surface area contributed by atoms with Crippen LogP contribution in [-0.2, 0) is 27.6 Å². The van der Waals surface area contributed by atoms with Gasteiger partial charge in [-0.1, -0.05) is 24.6 Å². The van der Waals surface area contributed by atoms with Crippen molar-refractivity contribution in [3.63, 3.8) is 0 Å². The number of ether oxygens (including phenoxy) is 1. The van der Waals surface area contributed by atoms with E-state index >= 15 is 0 Å². The Bertz CT molecular complexity index is 1460. The number of carbonyl (C=O) groups is 3. The Balaban J connectivity index is 1.52. The molecule has 38 heavy (non-hydrogen) atoms. The van der Waals surface area contributed by atoms with Gasteiger partial charge in [0.1, 0.15) is 5.00 Å². The zero-order valence-electron chi connectivity index (χ0n) is 21.3. The fourth-order valence-electron chi connectivity index (χ4n) is 4.20. The van der Waals surface area contributed by atoms with Crippen molar-refractivity contribution >= 4 is 50.0 Å². The molecule has 200 valence electrons. The number of fused-ring (bicyclic) bond motifs is 1. The van der Waals surface area contributed by atoms with Gasteiger partial charge in [0, 0.05) is 16.1 Å². The predicted molar refractivity (Wildman–Crippen MR) is 146 cm³/mol. The number of thiophene rings is 1. The Labute approximate surface area is 225 Å². The van der Waals surface area contributed by atoms with Gasteiger partial charge in [-0.05, 0) is 81.0 Å². The average Bonchev–Trinajstić information content (AvgIpc) is 3.21. The highest BCUT2D eigenvalue weighted by molar-refractivity contribution is 7.92. The van der Waals surface area contributed by atoms with E-state index in [1.807, 2.05) is 6.92 Å². The number of benzene rings is 2. The van der Waals surface area contributed by atoms with Crippen LogP contribution in [0.5, 0.6) is 0 Å². The van der Waals surface area contributed by atoms with Gasteiger partial charge in [0.25, 0.3) is 21.8 Å². The lowest BCUT2D eigenvalue weighted by Crippen LogP contribution is -2.32. The lowest BCUT2D eigenvalue weighted by molar-refractivity contribution is 0.0925. The Morgan fingerprint density at radius 3 is 2.37 bits per heavy atom. The highest BCUT2D eigenvalue weighted by atomic mass is 32.2. The third-order valence-corrected chi connectivity index (χ3v) is 8.75. The number of sulfonamides is 1. The number of alkyl carbamates (subject to hydrolysis) is 1. The van der Waals surface area contributed by atoms with Gasteiger partial charge < -0.3 is 10.1 Å². The van der Waals surface area contributed by atoms with Crippen LogP contribution in [-0.4, -0.2) is 32.9 Å². The topological polar surface area (TPSA) is 131 Å². The van der Waals surface area contributed by atoms with E-state index in [0.29, 0.717) is 23.0 Å². The minimum Gasteiger partial charge on any atom is -0.450 e. The van der Waals surface area contributed by atoms with Crippen molar-refractivity contribution in [2.75, 3.05) is 16.6 Å². The number of imide groups is 1. The van der Waals surface area contributed by atoms with Crippen LogP contribution in [0.25, 0.3) is 0 Å². The zero-order chi connectivity index (χ0) is 27.4. The van der Waals surface area contributed by atoms with Crippen LogP contribution in [0.2, 0.25) is 0 Å². The molecule has 1 aromatic heterocycles. The van der Waals surface area contributed by atoms with Crippen molar-refractivity contribution in [2.24, 2.45) is 5.92 Å². The van der Waals surface area contributed by atoms with Crippen molar-refractivity contribution in [2.45, 2.75) is 44.9 Å². The molecule has 2 aromatic carbocycles. The largest absolute Gasteiger partial charge is 0.450 e. The summed E-state index contributed by atoms with van der Waals surface area (Å²) in [5.41, 5.74) is 2.64. The van der Waals surface area contributed by atoms with Crippen molar-refractivity contribution in [1.82, 2.24) is 5.32 Å². The predicted octanol–water partition coefficient (Wildman–Crippen LogP) is 5.12. The Morgan fingerprint density at radius 1 is 1.03 bits per heavy atom. The van der Waals surface area contributed by atoms with Gasteiger partial charge in [0.2, 0.25) is 0 Å². The molecular formula is C27H29N3O6S2. The summed E-state index contributed by atoms with van der Waals surface area (Å²) in [4.78, 5) is 39.1. The van der Waals surface area contributed by atoms with Crippen LogP contribution >= 0.6 is 11.3 Å². The number of aryl methyl sites for hydroxylation is 1. The Hall–Kier alpha value is -3.70. The summed E-state index contributed by atoms with van der Waals surface area (Å²) in [7, 11) is -3.78. The average molecular weight is 556 g/mol. The summed E-state index contributed by atoms with van der Waals surface area (Å²) in [6.45, 7) is 5.77. The lowest BCUT2D eigenvalue weighted by atomic mass is 9.88. The highest BCUT2D eigenvalue weighted by Crippen LogP contribution is 2.40. The fraction of sp³-hybridized carbons (Fsp3) is 0.296. The van der Waals surface area contributed by atoms with E-state index in [-0.39, 0.29) is 22.6 Å². The number of rotatable bonds is 7. The number of anilines is 2. The number of carbonyl (C=O) groups excluding carboxylic acids is 3. The number of nitrogens with one attached hydrogen (secondary N) is 3. The summed E-state index contributed by atoms with van der Waals surface area (Å²) >= 11 is 1.33. The zero-order valence-corrected chi connectivity index (χ0v) is 22.9. The standard InChI is InChI=1S/C27H29N3O6S2/c1-4-36-27(33)29-25(32)23-21-14-7-17(3)15-22(21)37-26(23)28-24(31)18-8-10-19(11-9-18)30-38(34,35)20-12-5-16(2)6-13-20/h5-6,8-13,17,30H,4,7,14-15H2,1-3H3,(H,28,31)(H,29,32,33). The normalized spacial score (nSPS) is 14.8. The van der Waals surface area contributed by atoms with Gasteiger partial charge in [-0.3, -0.25) is 19.6 Å². The first-order valence-corrected chi connectivity index (χ1v) is 14.5. The lowest BCUT2D eigenvalue weighted by Gasteiger charge is -2.18. The third-order valence-electron chi connectivity index (χ3n) is 6.19. The van der Waals surface area contributed by atoms with E-state index in [0.717, 1.165) is 28.8 Å². The molecule has 0 radical (unpaired) electrons. The van der Waals surface area contributed by atoms with E-state index in [9.17, 15) is 22.8 Å². The van der Waals surface area contributed by atoms with Crippen LogP contribution in [0, 0.1) is 12.8 Å². The maximum absolute atomic E-state index is 13.1. The molecule has 0 bridgehead atoms. The van der Waals surface area contributed by atoms with E-state index in [1.54, 1.807) is 19.1 Å². The molecule has 9 nitrogen and oxygen atoms in total. The van der Waals surface area contributed by atoms with Crippen molar-refractivity contribution in [3.8, 4) is 0 Å². The molecule has 0 saturated carbocycles. The molecule has 0 fully saturated rings. The first-order chi connectivity index (χ1) is 18.1. The van der Waals surface area contributed by atoms with E-state index in [4.69, 9.17) is 4.74 Å². The van der Waals surface area contributed by atoms with Crippen molar-refractivity contribution in [1.29, 1.82) is 0 Å². The molecule has 1 heterocycles. The maximum atomic E-state index is 13.1. The summed E-state index contributed by atoms with van der Waals surface area (Å²) in [5, 5.41) is 5.41. The van der Waals surface area contributed by atoms with Gasteiger partial charge in [0.15, 0.2) is 0 Å². The second-order valence-corrected chi connectivity index (χ2v) is 12.0. The fourth-order valence-corrected chi connectivity index (χ4v) is 6.66. The molecule has 1 unspecified atom stereocenters. The molecule has 1 aliphatic carbocycles. The van der Waals surface area contributed by atoms with Crippen LogP contribution in [0.1, 0.15) is 57.0 Å². The molecule has 3 amide bonds. The molecule has 3 aromatic rings. The number of amides is 3. The molecule has 3 N–H and O–H groups in total. The smallest absolute Gasteiger partial charge is 0.414 e. The van der Waals surface area contributed by atoms with Crippen LogP contribution < -0.4 is 15.4 Å². The second-order valence-electron chi connectivity index (χ2n) is 9.18. The maximum Gasteiger partial charge on any atom is 0.414 e. The number of hydrogen-bond acceptors (Lipinski definition) is 7. The molecule has 0 saturated heterocycles. The second kappa shape index (κ2) is 11.4. The SMILES string of the molecule is CCOC(=O)NC(=O)c1c(NC(=O)c2ccc(NS(=O)(=O)c3ccc(C)cc3)cc2)sc2c1CCC(C)C2. The molecule has 1 atom stereocenters. The summed E-state index contributed by atoms with van der Waals surface area (Å²) < 4.78 is 32.6. The Morgan fingerprint density at radius 2 is 1.71 bits per heavy atom. The first kappa shape index (κ1) is 27.3. The Kier molecular flexibility index (Phi) is 8.17. The van der Waals surface area contributed by atoms with E-state index in [1.165, 1.54) is 47.7 Å². The molecule has 4 rings (SSSR count). The molecular weight excluding hydrogens is 526 g/mol. The molecule has 0 spiro atoms. The summed E-state index contributed by atoms with van der Waals surface area (Å²) in [5.74, 6) is -0.636. The molecule has 0 aliphatic heterocycles. The number of hydrogen-bond donors (Lipinski definition) is 3. The van der Waals surface area contributed by atoms with Gasteiger partial charge in [-0.25, -0.2) is 13.2 Å². The monoisotopic (exact) mass is 555 g/mol. The van der Waals surface area contributed by atoms with Crippen LogP contribution in [0.4, 0.5) is 15.5 Å². The van der Waals surface area contributed by atoms with E-state index < -0.39 is 27.9 Å². The summed E-state index contributed by atoms with van der Waals surface area (Å²) in [6.07, 6.45) is 1.51. The minimum atomic E-state index is -3.78. The molecule has 1 aliphatic rings. The van der Waals surface area contributed by atoms with Gasteiger partial charge >= 0.3 is 6.09 Å². The van der Waals surface area contributed by atoms with Crippen molar-refractivity contribution in [3.05, 3.63) is 75.7 Å². The van der Waals surface area contributed by atoms with Crippen LogP contribution in [0.3, 0.4) is 0 Å². The highest BCUT2D eigenvalue weighted by Gasteiger charge is 2.29. The van der Waals surface area contributed by atoms with Crippen molar-refractivity contribution < 1.29 is 27.5 Å². The summed E-state index contributed by atoms with van der Waals surface area (Å²) in [6, 6.07) is 12.5. The van der Waals surface area contributed by atoms with Crippen LogP contribution in [0.15, 0.2) is 53.4 Å². The van der Waals surface area contributed by atoms with Gasteiger partial charge in [0.05, 0.1) is 17.1 Å². The minimum absolute atomic E-state index is 0.124. The quantitative estimate of drug-likeness (QED) is 0.371. The van der Waals surface area contributed by atoms with E-state index in [2.05, 4.69) is 22.3 Å². The van der Waals surface area contributed by atoms with Gasteiger partial charge in [-0.15, -0.1) is 11.3 Å². The van der Waals surface area contributed by atoms with Gasteiger partial charge in [-0.2, -0.15) is 0 Å². The first-order valence-electron chi connectivity index (χ1n) is 12.2. The molecule has 11 heteroatoms.